The molecule has 0 spiro atoms. The highest BCUT2D eigenvalue weighted by atomic mass is 16.7. The first-order valence-electron chi connectivity index (χ1n) is 3.93. The summed E-state index contributed by atoms with van der Waals surface area (Å²) in [5, 5.41) is 14.8. The van der Waals surface area contributed by atoms with Crippen LogP contribution in [0.2, 0.25) is 0 Å². The molecular weight excluding hydrogens is 160 g/mol. The summed E-state index contributed by atoms with van der Waals surface area (Å²) in [6, 6.07) is 0.272. The van der Waals surface area contributed by atoms with Gasteiger partial charge in [0.05, 0.1) is 0 Å². The number of guanidine groups is 1. The molecule has 1 fully saturated rings. The third kappa shape index (κ3) is 2.73. The summed E-state index contributed by atoms with van der Waals surface area (Å²) in [6.45, 7) is 0. The first-order valence-corrected chi connectivity index (χ1v) is 3.93. The second-order valence-electron chi connectivity index (χ2n) is 2.85. The molecule has 12 heavy (non-hydrogen) atoms. The van der Waals surface area contributed by atoms with E-state index in [2.05, 4.69) is 10.4 Å². The molecule has 0 heterocycles. The van der Waals surface area contributed by atoms with Gasteiger partial charge in [-0.2, -0.15) is 0 Å². The average molecular weight is 172 g/mol. The summed E-state index contributed by atoms with van der Waals surface area (Å²) in [4.78, 5) is 9.88. The van der Waals surface area contributed by atoms with E-state index in [1.165, 1.54) is 0 Å². The van der Waals surface area contributed by atoms with Crippen molar-refractivity contribution >= 4 is 5.96 Å². The molecule has 1 aliphatic carbocycles. The molecule has 0 bridgehead atoms. The van der Waals surface area contributed by atoms with E-state index in [0.717, 1.165) is 25.7 Å². The van der Waals surface area contributed by atoms with Crippen molar-refractivity contribution in [3.63, 3.8) is 0 Å². The van der Waals surface area contributed by atoms with Crippen molar-refractivity contribution in [2.45, 2.75) is 31.7 Å². The summed E-state index contributed by atoms with van der Waals surface area (Å²) in [5.74, 6) is -0.0908. The fourth-order valence-electron chi connectivity index (χ4n) is 1.40. The van der Waals surface area contributed by atoms with Crippen LogP contribution in [0, 0.1) is 10.1 Å². The van der Waals surface area contributed by atoms with Gasteiger partial charge < -0.3 is 11.1 Å². The van der Waals surface area contributed by atoms with Gasteiger partial charge in [-0.05, 0) is 12.8 Å². The molecule has 0 aromatic rings. The van der Waals surface area contributed by atoms with E-state index in [9.17, 15) is 10.1 Å². The number of hydrogen-bond donors (Lipinski definition) is 2. The number of nitrogens with zero attached hydrogens (tertiary/aromatic N) is 2. The highest BCUT2D eigenvalue weighted by Gasteiger charge is 2.15. The summed E-state index contributed by atoms with van der Waals surface area (Å²) in [7, 11) is 0. The third-order valence-corrected chi connectivity index (χ3v) is 1.90. The molecule has 0 aliphatic heterocycles. The molecular formula is C6H12N4O2. The first-order chi connectivity index (χ1) is 5.68. The SMILES string of the molecule is N/C(=N\[N+](=O)[O-])NC1CCCC1. The predicted octanol–water partition coefficient (Wildman–Crippen LogP) is 0.0250. The number of hydrazone groups is 1. The van der Waals surface area contributed by atoms with E-state index in [0.29, 0.717) is 0 Å². The lowest BCUT2D eigenvalue weighted by molar-refractivity contribution is -0.485. The van der Waals surface area contributed by atoms with E-state index in [1.807, 2.05) is 0 Å². The normalized spacial score (nSPS) is 19.5. The molecule has 6 heteroatoms. The number of hydrogen-bond acceptors (Lipinski definition) is 2. The zero-order valence-corrected chi connectivity index (χ0v) is 6.69. The van der Waals surface area contributed by atoms with E-state index < -0.39 is 5.03 Å². The van der Waals surface area contributed by atoms with Crippen LogP contribution in [0.5, 0.6) is 0 Å². The van der Waals surface area contributed by atoms with Crippen LogP contribution < -0.4 is 11.1 Å². The molecule has 1 aliphatic rings. The maximum absolute atomic E-state index is 9.88. The van der Waals surface area contributed by atoms with Gasteiger partial charge in [-0.1, -0.05) is 12.8 Å². The molecule has 6 nitrogen and oxygen atoms in total. The second kappa shape index (κ2) is 3.89. The number of nitro groups is 1. The van der Waals surface area contributed by atoms with Gasteiger partial charge in [-0.25, -0.2) is 10.1 Å². The molecule has 1 saturated carbocycles. The summed E-state index contributed by atoms with van der Waals surface area (Å²) in [5.41, 5.74) is 5.25. The van der Waals surface area contributed by atoms with Gasteiger partial charge in [0.25, 0.3) is 5.96 Å². The van der Waals surface area contributed by atoms with Crippen molar-refractivity contribution in [2.24, 2.45) is 10.8 Å². The maximum atomic E-state index is 9.88. The Morgan fingerprint density at radius 3 is 2.67 bits per heavy atom. The molecule has 0 radical (unpaired) electrons. The van der Waals surface area contributed by atoms with Crippen LogP contribution in [-0.4, -0.2) is 17.0 Å². The highest BCUT2D eigenvalue weighted by molar-refractivity contribution is 5.77. The zero-order chi connectivity index (χ0) is 8.97. The Hall–Kier alpha value is -1.33. The van der Waals surface area contributed by atoms with Crippen LogP contribution in [0.4, 0.5) is 0 Å². The molecule has 3 N–H and O–H groups in total. The summed E-state index contributed by atoms with van der Waals surface area (Å²) >= 11 is 0. The van der Waals surface area contributed by atoms with E-state index in [1.54, 1.807) is 0 Å². The molecule has 0 amide bonds. The van der Waals surface area contributed by atoms with Crippen LogP contribution >= 0.6 is 0 Å². The minimum Gasteiger partial charge on any atom is -0.365 e. The fourth-order valence-corrected chi connectivity index (χ4v) is 1.40. The van der Waals surface area contributed by atoms with Crippen LogP contribution in [0.1, 0.15) is 25.7 Å². The Labute approximate surface area is 70.0 Å². The number of nitrogens with two attached hydrogens (primary N) is 1. The molecule has 0 aromatic carbocycles. The van der Waals surface area contributed by atoms with Gasteiger partial charge in [0.15, 0.2) is 5.03 Å². The molecule has 0 unspecified atom stereocenters. The third-order valence-electron chi connectivity index (χ3n) is 1.90. The van der Waals surface area contributed by atoms with Crippen LogP contribution in [0.15, 0.2) is 5.10 Å². The molecule has 0 aromatic heterocycles. The van der Waals surface area contributed by atoms with Gasteiger partial charge in [0.2, 0.25) is 0 Å². The van der Waals surface area contributed by atoms with Gasteiger partial charge >= 0.3 is 0 Å². The van der Waals surface area contributed by atoms with Crippen LogP contribution in [0.3, 0.4) is 0 Å². The van der Waals surface area contributed by atoms with Crippen molar-refractivity contribution in [1.82, 2.24) is 5.32 Å². The lowest BCUT2D eigenvalue weighted by Gasteiger charge is -2.09. The molecule has 1 rings (SSSR count). The van der Waals surface area contributed by atoms with Crippen molar-refractivity contribution < 1.29 is 5.03 Å². The topological polar surface area (TPSA) is 93.5 Å². The van der Waals surface area contributed by atoms with Gasteiger partial charge in [0.1, 0.15) is 5.10 Å². The lowest BCUT2D eigenvalue weighted by Crippen LogP contribution is -2.38. The van der Waals surface area contributed by atoms with Crippen molar-refractivity contribution in [3.05, 3.63) is 10.1 Å². The Bertz CT molecular complexity index is 198. The maximum Gasteiger partial charge on any atom is 0.266 e. The first kappa shape index (κ1) is 8.76. The number of nitrogens with one attached hydrogen (secondary N) is 1. The van der Waals surface area contributed by atoms with E-state index in [4.69, 9.17) is 5.73 Å². The minimum absolute atomic E-state index is 0.0908. The Morgan fingerprint density at radius 1 is 1.58 bits per heavy atom. The van der Waals surface area contributed by atoms with E-state index >= 15 is 0 Å². The van der Waals surface area contributed by atoms with E-state index in [-0.39, 0.29) is 12.0 Å². The van der Waals surface area contributed by atoms with Gasteiger partial charge in [-0.15, -0.1) is 0 Å². The minimum atomic E-state index is -0.794. The predicted molar refractivity (Wildman–Crippen MR) is 44.0 cm³/mol. The Balaban J connectivity index is 2.34. The largest absolute Gasteiger partial charge is 0.365 e. The molecule has 0 atom stereocenters. The van der Waals surface area contributed by atoms with Crippen LogP contribution in [0.25, 0.3) is 0 Å². The lowest BCUT2D eigenvalue weighted by atomic mass is 10.3. The summed E-state index contributed by atoms with van der Waals surface area (Å²) in [6.07, 6.45) is 4.36. The van der Waals surface area contributed by atoms with Crippen molar-refractivity contribution in [2.75, 3.05) is 0 Å². The number of rotatable bonds is 2. The highest BCUT2D eigenvalue weighted by Crippen LogP contribution is 2.17. The van der Waals surface area contributed by atoms with Crippen molar-refractivity contribution in [1.29, 1.82) is 0 Å². The monoisotopic (exact) mass is 172 g/mol. The standard InChI is InChI=1S/C6H12N4O2/c7-6(9-10(11)12)8-5-3-1-2-4-5/h5H,1-4H2,(H3,7,8,9). The molecule has 0 saturated heterocycles. The smallest absolute Gasteiger partial charge is 0.266 e. The van der Waals surface area contributed by atoms with Gasteiger partial charge in [-0.3, -0.25) is 0 Å². The zero-order valence-electron chi connectivity index (χ0n) is 6.69. The quantitative estimate of drug-likeness (QED) is 0.266. The van der Waals surface area contributed by atoms with Gasteiger partial charge in [0, 0.05) is 6.04 Å². The van der Waals surface area contributed by atoms with Crippen molar-refractivity contribution in [3.8, 4) is 0 Å². The Morgan fingerprint density at radius 2 is 2.17 bits per heavy atom. The molecule has 68 valence electrons. The summed E-state index contributed by atoms with van der Waals surface area (Å²) < 4.78 is 0. The van der Waals surface area contributed by atoms with Crippen LogP contribution in [-0.2, 0) is 0 Å². The second-order valence-corrected chi connectivity index (χ2v) is 2.85. The Kier molecular flexibility index (Phi) is 2.84. The average Bonchev–Trinajstić information content (AvgIpc) is 2.37. The fraction of sp³-hybridized carbons (Fsp3) is 0.833.